The van der Waals surface area contributed by atoms with Crippen LogP contribution in [-0.4, -0.2) is 24.1 Å². The molecule has 1 atom stereocenters. The molecular weight excluding hydrogens is 259 g/mol. The summed E-state index contributed by atoms with van der Waals surface area (Å²) in [5, 5.41) is 15.3. The lowest BCUT2D eigenvalue weighted by atomic mass is 10.1. The van der Waals surface area contributed by atoms with Crippen molar-refractivity contribution in [2.45, 2.75) is 18.9 Å². The van der Waals surface area contributed by atoms with Crippen molar-refractivity contribution in [3.8, 4) is 6.07 Å². The maximum atomic E-state index is 8.63. The summed E-state index contributed by atoms with van der Waals surface area (Å²) in [6, 6.07) is 6.15. The summed E-state index contributed by atoms with van der Waals surface area (Å²) >= 11 is 0. The van der Waals surface area contributed by atoms with Crippen molar-refractivity contribution in [2.24, 2.45) is 0 Å². The highest BCUT2D eigenvalue weighted by Crippen LogP contribution is 2.10. The van der Waals surface area contributed by atoms with E-state index in [0.717, 1.165) is 18.9 Å². The summed E-state index contributed by atoms with van der Waals surface area (Å²) in [6.45, 7) is 2.10. The second-order valence-corrected chi connectivity index (χ2v) is 3.73. The molecule has 1 aromatic rings. The first-order chi connectivity index (χ1) is 7.38. The number of nitriles is 1. The number of nitrogens with zero attached hydrogens (tertiary/aromatic N) is 2. The molecule has 2 rings (SSSR count). The van der Waals surface area contributed by atoms with Crippen LogP contribution in [0.3, 0.4) is 0 Å². The van der Waals surface area contributed by atoms with Gasteiger partial charge in [0.2, 0.25) is 0 Å². The first-order valence-electron chi connectivity index (χ1n) is 5.22. The van der Waals surface area contributed by atoms with E-state index in [1.165, 1.54) is 12.8 Å². The Labute approximate surface area is 114 Å². The van der Waals surface area contributed by atoms with Gasteiger partial charge in [-0.2, -0.15) is 5.26 Å². The number of anilines is 1. The SMILES string of the molecule is Cl.Cl.N#Cc1ccc(NC2CCCNC2)nc1. The zero-order valence-electron chi connectivity index (χ0n) is 9.35. The Morgan fingerprint density at radius 1 is 1.41 bits per heavy atom. The van der Waals surface area contributed by atoms with Gasteiger partial charge in [0.15, 0.2) is 0 Å². The van der Waals surface area contributed by atoms with Gasteiger partial charge in [-0.15, -0.1) is 24.8 Å². The highest BCUT2D eigenvalue weighted by atomic mass is 35.5. The minimum absolute atomic E-state index is 0. The van der Waals surface area contributed by atoms with Gasteiger partial charge in [-0.05, 0) is 31.5 Å². The third-order valence-electron chi connectivity index (χ3n) is 2.54. The standard InChI is InChI=1S/C11H14N4.2ClH/c12-6-9-3-4-11(14-7-9)15-10-2-1-5-13-8-10;;/h3-4,7,10,13H,1-2,5,8H2,(H,14,15);2*1H. The van der Waals surface area contributed by atoms with Gasteiger partial charge >= 0.3 is 0 Å². The zero-order chi connectivity index (χ0) is 10.5. The van der Waals surface area contributed by atoms with E-state index in [9.17, 15) is 0 Å². The van der Waals surface area contributed by atoms with Crippen molar-refractivity contribution in [3.05, 3.63) is 23.9 Å². The van der Waals surface area contributed by atoms with Crippen LogP contribution in [0.15, 0.2) is 18.3 Å². The molecule has 0 bridgehead atoms. The number of hydrogen-bond acceptors (Lipinski definition) is 4. The molecule has 0 spiro atoms. The lowest BCUT2D eigenvalue weighted by molar-refractivity contribution is 0.479. The number of piperidine rings is 1. The van der Waals surface area contributed by atoms with Gasteiger partial charge in [-0.3, -0.25) is 0 Å². The van der Waals surface area contributed by atoms with Gasteiger partial charge in [0.1, 0.15) is 11.9 Å². The Morgan fingerprint density at radius 2 is 2.24 bits per heavy atom. The molecule has 1 fully saturated rings. The van der Waals surface area contributed by atoms with Gasteiger partial charge in [-0.25, -0.2) is 4.98 Å². The van der Waals surface area contributed by atoms with Crippen molar-refractivity contribution in [1.29, 1.82) is 5.26 Å². The lowest BCUT2D eigenvalue weighted by Crippen LogP contribution is -2.38. The minimum Gasteiger partial charge on any atom is -0.366 e. The maximum absolute atomic E-state index is 8.63. The summed E-state index contributed by atoms with van der Waals surface area (Å²) < 4.78 is 0. The molecule has 0 saturated carbocycles. The van der Waals surface area contributed by atoms with Crippen LogP contribution >= 0.6 is 24.8 Å². The Hall–Kier alpha value is -1.02. The van der Waals surface area contributed by atoms with E-state index in [-0.39, 0.29) is 24.8 Å². The van der Waals surface area contributed by atoms with Crippen molar-refractivity contribution in [1.82, 2.24) is 10.3 Å². The first kappa shape index (κ1) is 16.0. The maximum Gasteiger partial charge on any atom is 0.126 e. The van der Waals surface area contributed by atoms with E-state index in [1.807, 2.05) is 6.07 Å². The number of nitrogens with one attached hydrogen (secondary N) is 2. The molecule has 0 aromatic carbocycles. The van der Waals surface area contributed by atoms with Crippen LogP contribution in [-0.2, 0) is 0 Å². The highest BCUT2D eigenvalue weighted by Gasteiger charge is 2.12. The van der Waals surface area contributed by atoms with Crippen molar-refractivity contribution in [3.63, 3.8) is 0 Å². The summed E-state index contributed by atoms with van der Waals surface area (Å²) in [5.74, 6) is 0.850. The van der Waals surface area contributed by atoms with Crippen LogP contribution < -0.4 is 10.6 Å². The first-order valence-corrected chi connectivity index (χ1v) is 5.22. The fraction of sp³-hybridized carbons (Fsp3) is 0.455. The topological polar surface area (TPSA) is 60.7 Å². The Morgan fingerprint density at radius 3 is 2.76 bits per heavy atom. The van der Waals surface area contributed by atoms with Crippen molar-refractivity contribution in [2.75, 3.05) is 18.4 Å². The molecule has 0 aliphatic carbocycles. The number of pyridine rings is 1. The molecular formula is C11H16Cl2N4. The predicted octanol–water partition coefficient (Wildman–Crippen LogP) is 1.96. The molecule has 0 amide bonds. The van der Waals surface area contributed by atoms with Crippen molar-refractivity contribution >= 4 is 30.6 Å². The van der Waals surface area contributed by atoms with Gasteiger partial charge < -0.3 is 10.6 Å². The molecule has 1 saturated heterocycles. The predicted molar refractivity (Wildman–Crippen MR) is 73.0 cm³/mol. The van der Waals surface area contributed by atoms with Gasteiger partial charge in [0.25, 0.3) is 0 Å². The Bertz CT molecular complexity index is 355. The number of hydrogen-bond donors (Lipinski definition) is 2. The van der Waals surface area contributed by atoms with Crippen LogP contribution in [0.4, 0.5) is 5.82 Å². The summed E-state index contributed by atoms with van der Waals surface area (Å²) in [6.07, 6.45) is 3.97. The van der Waals surface area contributed by atoms with Crippen LogP contribution in [0.1, 0.15) is 18.4 Å². The van der Waals surface area contributed by atoms with E-state index in [1.54, 1.807) is 12.3 Å². The van der Waals surface area contributed by atoms with E-state index >= 15 is 0 Å². The van der Waals surface area contributed by atoms with Crippen LogP contribution in [0.25, 0.3) is 0 Å². The summed E-state index contributed by atoms with van der Waals surface area (Å²) in [5.41, 5.74) is 0.599. The number of halogens is 2. The average molecular weight is 275 g/mol. The van der Waals surface area contributed by atoms with Gasteiger partial charge in [0, 0.05) is 18.8 Å². The molecule has 1 aromatic heterocycles. The second kappa shape index (κ2) is 8.13. The summed E-state index contributed by atoms with van der Waals surface area (Å²) in [4.78, 5) is 4.18. The fourth-order valence-electron chi connectivity index (χ4n) is 1.73. The largest absolute Gasteiger partial charge is 0.366 e. The van der Waals surface area contributed by atoms with E-state index in [0.29, 0.717) is 11.6 Å². The highest BCUT2D eigenvalue weighted by molar-refractivity contribution is 5.85. The normalized spacial score (nSPS) is 18.2. The Kier molecular flexibility index (Phi) is 7.64. The van der Waals surface area contributed by atoms with Gasteiger partial charge in [0.05, 0.1) is 5.56 Å². The third-order valence-corrected chi connectivity index (χ3v) is 2.54. The molecule has 1 unspecified atom stereocenters. The van der Waals surface area contributed by atoms with Crippen LogP contribution in [0, 0.1) is 11.3 Å². The lowest BCUT2D eigenvalue weighted by Gasteiger charge is -2.24. The average Bonchev–Trinajstić information content (AvgIpc) is 2.31. The second-order valence-electron chi connectivity index (χ2n) is 3.73. The smallest absolute Gasteiger partial charge is 0.126 e. The minimum atomic E-state index is 0. The number of aromatic nitrogens is 1. The summed E-state index contributed by atoms with van der Waals surface area (Å²) in [7, 11) is 0. The van der Waals surface area contributed by atoms with Crippen LogP contribution in [0.2, 0.25) is 0 Å². The molecule has 0 radical (unpaired) electrons. The van der Waals surface area contributed by atoms with E-state index in [2.05, 4.69) is 21.7 Å². The van der Waals surface area contributed by atoms with E-state index in [4.69, 9.17) is 5.26 Å². The Balaban J connectivity index is 0.00000128. The molecule has 94 valence electrons. The van der Waals surface area contributed by atoms with E-state index < -0.39 is 0 Å². The molecule has 2 heterocycles. The zero-order valence-corrected chi connectivity index (χ0v) is 11.0. The van der Waals surface area contributed by atoms with Gasteiger partial charge in [-0.1, -0.05) is 0 Å². The molecule has 2 N–H and O–H groups in total. The van der Waals surface area contributed by atoms with Crippen LogP contribution in [0.5, 0.6) is 0 Å². The van der Waals surface area contributed by atoms with Crippen molar-refractivity contribution < 1.29 is 0 Å². The molecule has 17 heavy (non-hydrogen) atoms. The third kappa shape index (κ3) is 4.78. The molecule has 4 nitrogen and oxygen atoms in total. The quantitative estimate of drug-likeness (QED) is 0.866. The molecule has 6 heteroatoms. The number of rotatable bonds is 2. The molecule has 1 aliphatic rings. The molecule has 1 aliphatic heterocycles. The monoisotopic (exact) mass is 274 g/mol. The fourth-order valence-corrected chi connectivity index (χ4v) is 1.73.